The summed E-state index contributed by atoms with van der Waals surface area (Å²) in [5.41, 5.74) is 0.300. The summed E-state index contributed by atoms with van der Waals surface area (Å²) in [4.78, 5) is 2.44. The van der Waals surface area contributed by atoms with Gasteiger partial charge in [0.2, 0.25) is 0 Å². The number of nitrogens with zero attached hydrogens (tertiary/aromatic N) is 1. The minimum atomic E-state index is 0.300. The Morgan fingerprint density at radius 3 is 2.09 bits per heavy atom. The highest BCUT2D eigenvalue weighted by molar-refractivity contribution is 4.85. The van der Waals surface area contributed by atoms with Crippen LogP contribution >= 0.6 is 0 Å². The van der Waals surface area contributed by atoms with Crippen LogP contribution in [0, 0.1) is 0 Å². The van der Waals surface area contributed by atoms with Gasteiger partial charge in [-0.3, -0.25) is 4.90 Å². The Bertz CT molecular complexity index is 119. The molecule has 0 saturated heterocycles. The Kier molecular flexibility index (Phi) is 4.43. The van der Waals surface area contributed by atoms with Crippen LogP contribution in [0.1, 0.15) is 34.6 Å². The summed E-state index contributed by atoms with van der Waals surface area (Å²) in [6.07, 6.45) is 4.31. The van der Waals surface area contributed by atoms with Crippen molar-refractivity contribution in [3.05, 3.63) is 12.2 Å². The molecule has 0 fully saturated rings. The molecule has 0 unspecified atom stereocenters. The van der Waals surface area contributed by atoms with E-state index in [0.717, 1.165) is 13.1 Å². The van der Waals surface area contributed by atoms with Gasteiger partial charge in [-0.05, 0) is 34.2 Å². The lowest BCUT2D eigenvalue weighted by molar-refractivity contribution is 0.163. The standard InChI is InChI=1S/C10H21N/c1-6-8-9-11(7-2)10(3,4)5/h6,8H,7,9H2,1-5H3. The molecule has 0 atom stereocenters. The van der Waals surface area contributed by atoms with Crippen LogP contribution in [0.25, 0.3) is 0 Å². The van der Waals surface area contributed by atoms with E-state index >= 15 is 0 Å². The van der Waals surface area contributed by atoms with E-state index in [-0.39, 0.29) is 0 Å². The summed E-state index contributed by atoms with van der Waals surface area (Å²) >= 11 is 0. The van der Waals surface area contributed by atoms with Crippen molar-refractivity contribution < 1.29 is 0 Å². The van der Waals surface area contributed by atoms with Crippen LogP contribution in [0.5, 0.6) is 0 Å². The highest BCUT2D eigenvalue weighted by Crippen LogP contribution is 2.11. The van der Waals surface area contributed by atoms with Gasteiger partial charge in [-0.15, -0.1) is 0 Å². The molecule has 1 heteroatoms. The third-order valence-corrected chi connectivity index (χ3v) is 1.89. The van der Waals surface area contributed by atoms with Crippen LogP contribution in [-0.2, 0) is 0 Å². The molecular weight excluding hydrogens is 134 g/mol. The summed E-state index contributed by atoms with van der Waals surface area (Å²) < 4.78 is 0. The average Bonchev–Trinajstić information content (AvgIpc) is 1.87. The minimum absolute atomic E-state index is 0.300. The average molecular weight is 155 g/mol. The third kappa shape index (κ3) is 4.20. The van der Waals surface area contributed by atoms with Crippen molar-refractivity contribution in [2.45, 2.75) is 40.2 Å². The monoisotopic (exact) mass is 155 g/mol. The van der Waals surface area contributed by atoms with Crippen molar-refractivity contribution in [1.29, 1.82) is 0 Å². The fourth-order valence-electron chi connectivity index (χ4n) is 1.11. The number of hydrogen-bond acceptors (Lipinski definition) is 1. The van der Waals surface area contributed by atoms with Crippen LogP contribution in [0.3, 0.4) is 0 Å². The van der Waals surface area contributed by atoms with Crippen molar-refractivity contribution in [1.82, 2.24) is 4.90 Å². The molecule has 66 valence electrons. The van der Waals surface area contributed by atoms with Gasteiger partial charge in [0.15, 0.2) is 0 Å². The molecule has 0 aliphatic carbocycles. The molecule has 0 aliphatic rings. The summed E-state index contributed by atoms with van der Waals surface area (Å²) in [7, 11) is 0. The van der Waals surface area contributed by atoms with Gasteiger partial charge in [0.25, 0.3) is 0 Å². The number of allylic oxidation sites excluding steroid dienone is 1. The van der Waals surface area contributed by atoms with Crippen molar-refractivity contribution in [2.24, 2.45) is 0 Å². The summed E-state index contributed by atoms with van der Waals surface area (Å²) in [5, 5.41) is 0. The third-order valence-electron chi connectivity index (χ3n) is 1.89. The van der Waals surface area contributed by atoms with Crippen LogP contribution < -0.4 is 0 Å². The normalized spacial score (nSPS) is 13.3. The molecule has 0 N–H and O–H groups in total. The molecule has 11 heavy (non-hydrogen) atoms. The number of likely N-dealkylation sites (N-methyl/N-ethyl adjacent to an activating group) is 1. The van der Waals surface area contributed by atoms with E-state index in [1.807, 2.05) is 0 Å². The SMILES string of the molecule is CC=CCN(CC)C(C)(C)C. The zero-order valence-electron chi connectivity index (χ0n) is 8.52. The maximum Gasteiger partial charge on any atom is 0.0168 e. The predicted octanol–water partition coefficient (Wildman–Crippen LogP) is 2.68. The van der Waals surface area contributed by atoms with Gasteiger partial charge < -0.3 is 0 Å². The molecule has 0 spiro atoms. The fraction of sp³-hybridized carbons (Fsp3) is 0.800. The van der Waals surface area contributed by atoms with Crippen LogP contribution in [0.2, 0.25) is 0 Å². The Hall–Kier alpha value is -0.300. The number of hydrogen-bond donors (Lipinski definition) is 0. The van der Waals surface area contributed by atoms with Gasteiger partial charge in [0, 0.05) is 12.1 Å². The molecule has 0 aromatic heterocycles. The topological polar surface area (TPSA) is 3.24 Å². The summed E-state index contributed by atoms with van der Waals surface area (Å²) in [6, 6.07) is 0. The summed E-state index contributed by atoms with van der Waals surface area (Å²) in [6.45, 7) is 13.2. The zero-order chi connectivity index (χ0) is 8.91. The maximum atomic E-state index is 2.44. The smallest absolute Gasteiger partial charge is 0.0168 e. The van der Waals surface area contributed by atoms with E-state index in [4.69, 9.17) is 0 Å². The lowest BCUT2D eigenvalue weighted by atomic mass is 10.1. The quantitative estimate of drug-likeness (QED) is 0.566. The van der Waals surface area contributed by atoms with Crippen molar-refractivity contribution in [3.8, 4) is 0 Å². The molecule has 0 aliphatic heterocycles. The summed E-state index contributed by atoms with van der Waals surface area (Å²) in [5.74, 6) is 0. The second-order valence-electron chi connectivity index (χ2n) is 3.78. The van der Waals surface area contributed by atoms with E-state index in [2.05, 4.69) is 51.7 Å². The van der Waals surface area contributed by atoms with Crippen LogP contribution in [0.15, 0.2) is 12.2 Å². The van der Waals surface area contributed by atoms with Crippen LogP contribution in [-0.4, -0.2) is 23.5 Å². The Labute approximate surface area is 71.1 Å². The first-order chi connectivity index (χ1) is 5.02. The highest BCUT2D eigenvalue weighted by Gasteiger charge is 2.17. The van der Waals surface area contributed by atoms with E-state index in [9.17, 15) is 0 Å². The molecule has 0 rings (SSSR count). The largest absolute Gasteiger partial charge is 0.295 e. The van der Waals surface area contributed by atoms with E-state index in [1.165, 1.54) is 0 Å². The Balaban J connectivity index is 3.96. The van der Waals surface area contributed by atoms with E-state index < -0.39 is 0 Å². The van der Waals surface area contributed by atoms with Gasteiger partial charge in [0.05, 0.1) is 0 Å². The first-order valence-corrected chi connectivity index (χ1v) is 4.38. The predicted molar refractivity (Wildman–Crippen MR) is 51.8 cm³/mol. The lowest BCUT2D eigenvalue weighted by Crippen LogP contribution is -2.41. The first kappa shape index (κ1) is 10.7. The minimum Gasteiger partial charge on any atom is -0.295 e. The lowest BCUT2D eigenvalue weighted by Gasteiger charge is -2.33. The maximum absolute atomic E-state index is 2.44. The van der Waals surface area contributed by atoms with Crippen molar-refractivity contribution in [3.63, 3.8) is 0 Å². The molecule has 0 saturated carbocycles. The fourth-order valence-corrected chi connectivity index (χ4v) is 1.11. The molecular formula is C10H21N. The molecule has 0 amide bonds. The second kappa shape index (κ2) is 4.55. The molecule has 0 heterocycles. The van der Waals surface area contributed by atoms with Crippen molar-refractivity contribution >= 4 is 0 Å². The van der Waals surface area contributed by atoms with Gasteiger partial charge in [-0.25, -0.2) is 0 Å². The second-order valence-corrected chi connectivity index (χ2v) is 3.78. The van der Waals surface area contributed by atoms with Gasteiger partial charge in [0.1, 0.15) is 0 Å². The van der Waals surface area contributed by atoms with Gasteiger partial charge in [-0.1, -0.05) is 19.1 Å². The van der Waals surface area contributed by atoms with Crippen LogP contribution in [0.4, 0.5) is 0 Å². The molecule has 0 bridgehead atoms. The molecule has 0 aromatic rings. The van der Waals surface area contributed by atoms with E-state index in [0.29, 0.717) is 5.54 Å². The Morgan fingerprint density at radius 2 is 1.82 bits per heavy atom. The number of rotatable bonds is 3. The van der Waals surface area contributed by atoms with Gasteiger partial charge >= 0.3 is 0 Å². The Morgan fingerprint density at radius 1 is 1.27 bits per heavy atom. The highest BCUT2D eigenvalue weighted by atomic mass is 15.2. The molecule has 0 radical (unpaired) electrons. The van der Waals surface area contributed by atoms with E-state index in [1.54, 1.807) is 0 Å². The first-order valence-electron chi connectivity index (χ1n) is 4.38. The zero-order valence-corrected chi connectivity index (χ0v) is 8.52. The van der Waals surface area contributed by atoms with Crippen molar-refractivity contribution in [2.75, 3.05) is 13.1 Å². The molecule has 1 nitrogen and oxygen atoms in total. The molecule has 0 aromatic carbocycles. The van der Waals surface area contributed by atoms with Gasteiger partial charge in [-0.2, -0.15) is 0 Å².